The molecule has 1 aliphatic heterocycles. The number of aliphatic hydroxyl groups is 1. The monoisotopic (exact) mass is 239 g/mol. The van der Waals surface area contributed by atoms with Gasteiger partial charge in [0.05, 0.1) is 6.10 Å². The fraction of sp³-hybridized carbons (Fsp3) is 0.500. The summed E-state index contributed by atoms with van der Waals surface area (Å²) in [4.78, 5) is 24.1. The molecule has 1 saturated heterocycles. The Bertz CT molecular complexity index is 456. The van der Waals surface area contributed by atoms with Crippen LogP contribution in [0.2, 0.25) is 0 Å². The lowest BCUT2D eigenvalue weighted by molar-refractivity contribution is -0.141. The number of aliphatic hydroxyl groups excluding tert-OH is 1. The third-order valence-electron chi connectivity index (χ3n) is 2.75. The zero-order valence-corrected chi connectivity index (χ0v) is 9.25. The number of aliphatic carboxylic acids is 1. The zero-order valence-electron chi connectivity index (χ0n) is 9.25. The molecule has 0 unspecified atom stereocenters. The fourth-order valence-corrected chi connectivity index (χ4v) is 1.95. The second kappa shape index (κ2) is 4.17. The minimum absolute atomic E-state index is 0.0295. The van der Waals surface area contributed by atoms with Crippen LogP contribution in [-0.4, -0.2) is 55.9 Å². The number of hydrogen-bond donors (Lipinski definition) is 3. The number of carbonyl (C=O) groups is 2. The summed E-state index contributed by atoms with van der Waals surface area (Å²) in [7, 11) is 0. The third kappa shape index (κ3) is 2.14. The molecule has 1 aromatic heterocycles. The van der Waals surface area contributed by atoms with Crippen LogP contribution in [0.15, 0.2) is 6.07 Å². The largest absolute Gasteiger partial charge is 0.480 e. The normalized spacial score (nSPS) is 24.0. The van der Waals surface area contributed by atoms with Gasteiger partial charge in [0, 0.05) is 18.7 Å². The molecule has 3 N–H and O–H groups in total. The Morgan fingerprint density at radius 1 is 1.59 bits per heavy atom. The van der Waals surface area contributed by atoms with Gasteiger partial charge in [-0.2, -0.15) is 5.10 Å². The average molecular weight is 239 g/mol. The molecule has 0 aromatic carbocycles. The minimum atomic E-state index is -1.11. The molecule has 7 nitrogen and oxygen atoms in total. The first-order valence-electron chi connectivity index (χ1n) is 5.23. The van der Waals surface area contributed by atoms with Crippen molar-refractivity contribution in [3.8, 4) is 0 Å². The Kier molecular flexibility index (Phi) is 2.84. The SMILES string of the molecule is Cc1cc(C(=O)N2C[C@H](O)C[C@H]2C(=O)O)n[nH]1. The van der Waals surface area contributed by atoms with Gasteiger partial charge in [0.2, 0.25) is 0 Å². The summed E-state index contributed by atoms with van der Waals surface area (Å²) in [5.41, 5.74) is 0.892. The molecule has 0 aliphatic carbocycles. The number of rotatable bonds is 2. The van der Waals surface area contributed by atoms with E-state index in [4.69, 9.17) is 5.11 Å². The predicted octanol–water partition coefficient (Wildman–Crippen LogP) is -0.622. The lowest BCUT2D eigenvalue weighted by Gasteiger charge is -2.19. The van der Waals surface area contributed by atoms with E-state index in [0.29, 0.717) is 0 Å². The fourth-order valence-electron chi connectivity index (χ4n) is 1.95. The Morgan fingerprint density at radius 2 is 2.29 bits per heavy atom. The highest BCUT2D eigenvalue weighted by molar-refractivity contribution is 5.95. The molecule has 2 atom stereocenters. The van der Waals surface area contributed by atoms with Gasteiger partial charge in [0.15, 0.2) is 0 Å². The maximum Gasteiger partial charge on any atom is 0.326 e. The Hall–Kier alpha value is -1.89. The van der Waals surface area contributed by atoms with Crippen molar-refractivity contribution in [2.75, 3.05) is 6.54 Å². The third-order valence-corrected chi connectivity index (χ3v) is 2.75. The number of β-amino-alcohol motifs (C(OH)–C–C–N with tert-alkyl or cyclic N) is 1. The van der Waals surface area contributed by atoms with E-state index in [1.54, 1.807) is 13.0 Å². The molecular weight excluding hydrogens is 226 g/mol. The van der Waals surface area contributed by atoms with Crippen LogP contribution in [-0.2, 0) is 4.79 Å². The van der Waals surface area contributed by atoms with Crippen molar-refractivity contribution in [1.82, 2.24) is 15.1 Å². The molecule has 1 amide bonds. The standard InChI is InChI=1S/C10H13N3O4/c1-5-2-7(12-11-5)9(15)13-4-6(14)3-8(13)10(16)17/h2,6,8,14H,3-4H2,1H3,(H,11,12)(H,16,17)/t6-,8+/m1/s1. The molecule has 1 fully saturated rings. The molecule has 7 heteroatoms. The summed E-state index contributed by atoms with van der Waals surface area (Å²) < 4.78 is 0. The van der Waals surface area contributed by atoms with E-state index < -0.39 is 24.0 Å². The topological polar surface area (TPSA) is 107 Å². The first-order valence-corrected chi connectivity index (χ1v) is 5.23. The van der Waals surface area contributed by atoms with E-state index in [1.807, 2.05) is 0 Å². The van der Waals surface area contributed by atoms with Crippen molar-refractivity contribution in [3.05, 3.63) is 17.5 Å². The van der Waals surface area contributed by atoms with Gasteiger partial charge in [0.1, 0.15) is 11.7 Å². The predicted molar refractivity (Wildman–Crippen MR) is 56.4 cm³/mol. The molecule has 0 radical (unpaired) electrons. The molecule has 1 aliphatic rings. The summed E-state index contributed by atoms with van der Waals surface area (Å²) >= 11 is 0. The minimum Gasteiger partial charge on any atom is -0.480 e. The Morgan fingerprint density at radius 3 is 2.82 bits per heavy atom. The maximum atomic E-state index is 12.0. The van der Waals surface area contributed by atoms with Crippen molar-refractivity contribution < 1.29 is 19.8 Å². The highest BCUT2D eigenvalue weighted by atomic mass is 16.4. The quantitative estimate of drug-likeness (QED) is 0.637. The van der Waals surface area contributed by atoms with Crippen molar-refractivity contribution in [3.63, 3.8) is 0 Å². The summed E-state index contributed by atoms with van der Waals surface area (Å²) in [6.07, 6.45) is -0.732. The molecule has 0 spiro atoms. The van der Waals surface area contributed by atoms with Gasteiger partial charge >= 0.3 is 5.97 Å². The van der Waals surface area contributed by atoms with Crippen LogP contribution in [0.3, 0.4) is 0 Å². The van der Waals surface area contributed by atoms with Gasteiger partial charge in [-0.15, -0.1) is 0 Å². The van der Waals surface area contributed by atoms with Crippen LogP contribution in [0.25, 0.3) is 0 Å². The number of aryl methyl sites for hydroxylation is 1. The molecule has 1 aromatic rings. The number of H-pyrrole nitrogens is 1. The van der Waals surface area contributed by atoms with Gasteiger partial charge in [-0.25, -0.2) is 4.79 Å². The lowest BCUT2D eigenvalue weighted by atomic mass is 10.2. The molecule has 0 saturated carbocycles. The van der Waals surface area contributed by atoms with E-state index in [2.05, 4.69) is 10.2 Å². The van der Waals surface area contributed by atoms with Crippen molar-refractivity contribution in [1.29, 1.82) is 0 Å². The lowest BCUT2D eigenvalue weighted by Crippen LogP contribution is -2.40. The second-order valence-corrected chi connectivity index (χ2v) is 4.14. The van der Waals surface area contributed by atoms with Crippen LogP contribution < -0.4 is 0 Å². The van der Waals surface area contributed by atoms with E-state index in [0.717, 1.165) is 10.6 Å². The summed E-state index contributed by atoms with van der Waals surface area (Å²) in [5, 5.41) is 24.8. The molecule has 2 heterocycles. The van der Waals surface area contributed by atoms with E-state index in [9.17, 15) is 14.7 Å². The first kappa shape index (κ1) is 11.6. The number of amides is 1. The highest BCUT2D eigenvalue weighted by Crippen LogP contribution is 2.20. The number of carboxylic acids is 1. The van der Waals surface area contributed by atoms with Crippen molar-refractivity contribution in [2.24, 2.45) is 0 Å². The van der Waals surface area contributed by atoms with Gasteiger partial charge in [-0.3, -0.25) is 9.89 Å². The van der Waals surface area contributed by atoms with Crippen LogP contribution >= 0.6 is 0 Å². The number of likely N-dealkylation sites (tertiary alicyclic amines) is 1. The number of nitrogens with one attached hydrogen (secondary N) is 1. The van der Waals surface area contributed by atoms with Gasteiger partial charge in [-0.1, -0.05) is 0 Å². The first-order chi connectivity index (χ1) is 7.99. The smallest absolute Gasteiger partial charge is 0.326 e. The number of aromatic nitrogens is 2. The van der Waals surface area contributed by atoms with E-state index >= 15 is 0 Å². The number of carbonyl (C=O) groups excluding carboxylic acids is 1. The van der Waals surface area contributed by atoms with Crippen LogP contribution in [0.5, 0.6) is 0 Å². The van der Waals surface area contributed by atoms with Crippen LogP contribution in [0.1, 0.15) is 22.6 Å². The molecule has 2 rings (SSSR count). The number of hydrogen-bond acceptors (Lipinski definition) is 4. The van der Waals surface area contributed by atoms with Crippen molar-refractivity contribution in [2.45, 2.75) is 25.5 Å². The second-order valence-electron chi connectivity index (χ2n) is 4.14. The van der Waals surface area contributed by atoms with Gasteiger partial charge in [-0.05, 0) is 13.0 Å². The van der Waals surface area contributed by atoms with Crippen molar-refractivity contribution >= 4 is 11.9 Å². The Balaban J connectivity index is 2.21. The molecular formula is C10H13N3O4. The van der Waals surface area contributed by atoms with E-state index in [1.165, 1.54) is 0 Å². The number of aromatic amines is 1. The summed E-state index contributed by atoms with van der Waals surface area (Å²) in [6, 6.07) is 0.570. The summed E-state index contributed by atoms with van der Waals surface area (Å²) in [5.74, 6) is -1.58. The summed E-state index contributed by atoms with van der Waals surface area (Å²) in [6.45, 7) is 1.78. The van der Waals surface area contributed by atoms with Gasteiger partial charge in [0.25, 0.3) is 5.91 Å². The molecule has 0 bridgehead atoms. The van der Waals surface area contributed by atoms with Crippen LogP contribution in [0.4, 0.5) is 0 Å². The maximum absolute atomic E-state index is 12.0. The number of nitrogens with zero attached hydrogens (tertiary/aromatic N) is 2. The Labute approximate surface area is 97.0 Å². The van der Waals surface area contributed by atoms with E-state index in [-0.39, 0.29) is 18.7 Å². The van der Waals surface area contributed by atoms with Gasteiger partial charge < -0.3 is 15.1 Å². The number of carboxylic acid groups (broad SMARTS) is 1. The van der Waals surface area contributed by atoms with Crippen LogP contribution in [0, 0.1) is 6.92 Å². The highest BCUT2D eigenvalue weighted by Gasteiger charge is 2.39. The molecule has 92 valence electrons. The molecule has 17 heavy (non-hydrogen) atoms. The average Bonchev–Trinajstić information content (AvgIpc) is 2.83. The zero-order chi connectivity index (χ0) is 12.6.